The Kier molecular flexibility index (Phi) is 7.10. The van der Waals surface area contributed by atoms with Crippen molar-refractivity contribution < 1.29 is 14.6 Å². The lowest BCUT2D eigenvalue weighted by atomic mass is 9.62. The van der Waals surface area contributed by atoms with Gasteiger partial charge < -0.3 is 15.2 Å². The fraction of sp³-hybridized carbons (Fsp3) is 0.741. The number of nitrogens with one attached hydrogen (secondary N) is 1. The molecule has 3 rings (SSSR count). The maximum Gasteiger partial charge on any atom is 0.219 e. The van der Waals surface area contributed by atoms with Crippen LogP contribution in [0, 0.1) is 5.92 Å². The number of hydrogen-bond donors (Lipinski definition) is 2. The second-order valence-electron chi connectivity index (χ2n) is 11.0. The van der Waals surface area contributed by atoms with Crippen molar-refractivity contribution in [2.45, 2.75) is 122 Å². The largest absolute Gasteiger partial charge is 0.487 e. The van der Waals surface area contributed by atoms with Gasteiger partial charge in [-0.15, -0.1) is 0 Å². The van der Waals surface area contributed by atoms with Gasteiger partial charge in [0.1, 0.15) is 17.0 Å². The Morgan fingerprint density at radius 2 is 1.94 bits per heavy atom. The molecule has 1 fully saturated rings. The maximum atomic E-state index is 12.0. The third-order valence-corrected chi connectivity index (χ3v) is 7.72. The zero-order valence-electron chi connectivity index (χ0n) is 20.5. The monoisotopic (exact) mass is 429 g/mol. The van der Waals surface area contributed by atoms with Gasteiger partial charge in [-0.1, -0.05) is 65.5 Å². The van der Waals surface area contributed by atoms with E-state index in [0.717, 1.165) is 30.6 Å². The van der Waals surface area contributed by atoms with E-state index in [2.05, 4.69) is 58.1 Å². The lowest BCUT2D eigenvalue weighted by Crippen LogP contribution is -2.59. The van der Waals surface area contributed by atoms with Gasteiger partial charge in [-0.2, -0.15) is 0 Å². The summed E-state index contributed by atoms with van der Waals surface area (Å²) in [6.07, 6.45) is 8.93. The molecule has 1 aliphatic heterocycles. The SMILES string of the molecule is CCCCCCC(C)(C)c1ccc2c(c1)OC(C)(C)[C@@H]1CCC(NC(=O)CC)C[C@@]21O. The summed E-state index contributed by atoms with van der Waals surface area (Å²) < 4.78 is 6.52. The van der Waals surface area contributed by atoms with Crippen LogP contribution in [0.25, 0.3) is 0 Å². The minimum absolute atomic E-state index is 0.00475. The zero-order valence-corrected chi connectivity index (χ0v) is 20.5. The van der Waals surface area contributed by atoms with Crippen molar-refractivity contribution in [1.29, 1.82) is 0 Å². The number of ether oxygens (including phenoxy) is 1. The molecule has 1 aromatic rings. The number of amides is 1. The van der Waals surface area contributed by atoms with Gasteiger partial charge in [0.15, 0.2) is 0 Å². The van der Waals surface area contributed by atoms with E-state index < -0.39 is 11.2 Å². The van der Waals surface area contributed by atoms with Crippen molar-refractivity contribution in [2.75, 3.05) is 0 Å². The molecule has 1 unspecified atom stereocenters. The molecule has 1 heterocycles. The summed E-state index contributed by atoms with van der Waals surface area (Å²) >= 11 is 0. The topological polar surface area (TPSA) is 58.6 Å². The molecule has 4 nitrogen and oxygen atoms in total. The van der Waals surface area contributed by atoms with Crippen LogP contribution >= 0.6 is 0 Å². The van der Waals surface area contributed by atoms with Crippen LogP contribution in [0.5, 0.6) is 5.75 Å². The van der Waals surface area contributed by atoms with Crippen LogP contribution < -0.4 is 10.1 Å². The normalized spacial score (nSPS) is 27.1. The van der Waals surface area contributed by atoms with Crippen LogP contribution in [0.4, 0.5) is 0 Å². The summed E-state index contributed by atoms with van der Waals surface area (Å²) in [4.78, 5) is 12.0. The van der Waals surface area contributed by atoms with Gasteiger partial charge in [0.05, 0.1) is 0 Å². The van der Waals surface area contributed by atoms with Gasteiger partial charge in [-0.3, -0.25) is 4.79 Å². The molecule has 0 bridgehead atoms. The van der Waals surface area contributed by atoms with E-state index in [-0.39, 0.29) is 23.3 Å². The summed E-state index contributed by atoms with van der Waals surface area (Å²) in [7, 11) is 0. The Bertz CT molecular complexity index is 785. The predicted molar refractivity (Wildman–Crippen MR) is 126 cm³/mol. The Labute approximate surface area is 189 Å². The maximum absolute atomic E-state index is 12.0. The van der Waals surface area contributed by atoms with Crippen molar-refractivity contribution in [3.63, 3.8) is 0 Å². The van der Waals surface area contributed by atoms with Crippen molar-refractivity contribution in [3.05, 3.63) is 29.3 Å². The molecule has 1 aliphatic carbocycles. The van der Waals surface area contributed by atoms with Crippen LogP contribution in [-0.2, 0) is 15.8 Å². The van der Waals surface area contributed by atoms with E-state index in [4.69, 9.17) is 4.74 Å². The second kappa shape index (κ2) is 9.13. The number of carbonyl (C=O) groups is 1. The van der Waals surface area contributed by atoms with E-state index in [1.54, 1.807) is 0 Å². The van der Waals surface area contributed by atoms with Crippen molar-refractivity contribution in [1.82, 2.24) is 5.32 Å². The molecule has 0 radical (unpaired) electrons. The fourth-order valence-electron chi connectivity index (χ4n) is 5.78. The zero-order chi connectivity index (χ0) is 22.9. The van der Waals surface area contributed by atoms with Crippen LogP contribution in [0.2, 0.25) is 0 Å². The Balaban J connectivity index is 1.89. The Morgan fingerprint density at radius 3 is 2.61 bits per heavy atom. The molecule has 174 valence electrons. The van der Waals surface area contributed by atoms with Crippen molar-refractivity contribution in [2.24, 2.45) is 5.92 Å². The minimum atomic E-state index is -0.981. The first-order chi connectivity index (χ1) is 14.5. The van der Waals surface area contributed by atoms with Gasteiger partial charge in [-0.25, -0.2) is 0 Å². The van der Waals surface area contributed by atoms with Gasteiger partial charge >= 0.3 is 0 Å². The molecular formula is C27H43NO3. The number of fused-ring (bicyclic) bond motifs is 3. The molecule has 0 spiro atoms. The van der Waals surface area contributed by atoms with E-state index >= 15 is 0 Å². The standard InChI is InChI=1S/C27H43NO3/c1-7-9-10-11-16-25(3,4)19-12-14-21-22(17-19)31-26(5,6)23-15-13-20(18-27(21,23)30)28-24(29)8-2/h12,14,17,20,23,30H,7-11,13,15-16,18H2,1-6H3,(H,28,29)/t20?,23-,27+/m0/s1. The average Bonchev–Trinajstić information content (AvgIpc) is 2.70. The molecule has 1 aromatic carbocycles. The highest BCUT2D eigenvalue weighted by Crippen LogP contribution is 2.54. The molecule has 2 N–H and O–H groups in total. The van der Waals surface area contributed by atoms with Crippen LogP contribution in [0.1, 0.15) is 110 Å². The summed E-state index contributed by atoms with van der Waals surface area (Å²) in [5, 5.41) is 15.1. The van der Waals surface area contributed by atoms with Gasteiger partial charge in [0.2, 0.25) is 5.91 Å². The lowest BCUT2D eigenvalue weighted by Gasteiger charge is -2.54. The summed E-state index contributed by atoms with van der Waals surface area (Å²) in [6.45, 7) is 12.9. The van der Waals surface area contributed by atoms with E-state index in [9.17, 15) is 9.90 Å². The molecule has 2 aliphatic rings. The molecule has 1 saturated carbocycles. The summed E-state index contributed by atoms with van der Waals surface area (Å²) in [5.74, 6) is 0.874. The van der Waals surface area contributed by atoms with Crippen molar-refractivity contribution >= 4 is 5.91 Å². The highest BCUT2D eigenvalue weighted by molar-refractivity contribution is 5.75. The highest BCUT2D eigenvalue weighted by Gasteiger charge is 2.55. The lowest BCUT2D eigenvalue weighted by molar-refractivity contribution is -0.153. The van der Waals surface area contributed by atoms with E-state index in [1.165, 1.54) is 31.2 Å². The third kappa shape index (κ3) is 4.94. The number of unbranched alkanes of at least 4 members (excludes halogenated alkanes) is 3. The first-order valence-corrected chi connectivity index (χ1v) is 12.4. The van der Waals surface area contributed by atoms with Gasteiger partial charge in [-0.05, 0) is 50.2 Å². The number of benzene rings is 1. The van der Waals surface area contributed by atoms with E-state index in [1.807, 2.05) is 6.92 Å². The molecule has 1 amide bonds. The number of aliphatic hydroxyl groups is 1. The number of carbonyl (C=O) groups excluding carboxylic acids is 1. The molecule has 0 saturated heterocycles. The van der Waals surface area contributed by atoms with Crippen LogP contribution in [0.15, 0.2) is 18.2 Å². The molecule has 4 heteroatoms. The number of rotatable bonds is 8. The quantitative estimate of drug-likeness (QED) is 0.499. The van der Waals surface area contributed by atoms with Crippen LogP contribution in [-0.4, -0.2) is 22.7 Å². The third-order valence-electron chi connectivity index (χ3n) is 7.72. The molecule has 31 heavy (non-hydrogen) atoms. The first-order valence-electron chi connectivity index (χ1n) is 12.4. The Morgan fingerprint density at radius 1 is 1.19 bits per heavy atom. The summed E-state index contributed by atoms with van der Waals surface area (Å²) in [5.41, 5.74) is 0.793. The van der Waals surface area contributed by atoms with Crippen molar-refractivity contribution in [3.8, 4) is 5.75 Å². The van der Waals surface area contributed by atoms with Gasteiger partial charge in [0.25, 0.3) is 0 Å². The summed E-state index contributed by atoms with van der Waals surface area (Å²) in [6, 6.07) is 6.44. The van der Waals surface area contributed by atoms with E-state index in [0.29, 0.717) is 12.8 Å². The minimum Gasteiger partial charge on any atom is -0.487 e. The van der Waals surface area contributed by atoms with Crippen LogP contribution in [0.3, 0.4) is 0 Å². The second-order valence-corrected chi connectivity index (χ2v) is 11.0. The first kappa shape index (κ1) is 24.1. The molecule has 0 aromatic heterocycles. The number of hydrogen-bond acceptors (Lipinski definition) is 3. The highest BCUT2D eigenvalue weighted by atomic mass is 16.5. The Hall–Kier alpha value is -1.55. The predicted octanol–water partition coefficient (Wildman–Crippen LogP) is 5.99. The molecule has 3 atom stereocenters. The average molecular weight is 430 g/mol. The fourth-order valence-corrected chi connectivity index (χ4v) is 5.78. The smallest absolute Gasteiger partial charge is 0.219 e. The van der Waals surface area contributed by atoms with Gasteiger partial charge in [0, 0.05) is 30.4 Å². The molecular weight excluding hydrogens is 386 g/mol.